The van der Waals surface area contributed by atoms with Gasteiger partial charge in [-0.1, -0.05) is 6.42 Å². The highest BCUT2D eigenvalue weighted by Gasteiger charge is 2.43. The minimum absolute atomic E-state index is 0.0123. The lowest BCUT2D eigenvalue weighted by atomic mass is 9.98. The predicted molar refractivity (Wildman–Crippen MR) is 69.3 cm³/mol. The van der Waals surface area contributed by atoms with Crippen LogP contribution in [0.5, 0.6) is 0 Å². The fourth-order valence-electron chi connectivity index (χ4n) is 3.61. The zero-order valence-corrected chi connectivity index (χ0v) is 11.3. The molecule has 2 aliphatic heterocycles. The Morgan fingerprint density at radius 2 is 2.00 bits per heavy atom. The molecule has 0 N–H and O–H groups in total. The van der Waals surface area contributed by atoms with Crippen molar-refractivity contribution in [2.75, 3.05) is 33.3 Å². The maximum atomic E-state index is 12.0. The molecule has 18 heavy (non-hydrogen) atoms. The summed E-state index contributed by atoms with van der Waals surface area (Å²) < 4.78 is 5.01. The van der Waals surface area contributed by atoms with Crippen LogP contribution in [0, 0.1) is 5.92 Å². The van der Waals surface area contributed by atoms with Gasteiger partial charge >= 0.3 is 5.97 Å². The Morgan fingerprint density at radius 3 is 2.72 bits per heavy atom. The number of hydrogen-bond donors (Lipinski definition) is 0. The van der Waals surface area contributed by atoms with Gasteiger partial charge in [0.25, 0.3) is 0 Å². The van der Waals surface area contributed by atoms with Crippen molar-refractivity contribution in [3.63, 3.8) is 0 Å². The highest BCUT2D eigenvalue weighted by molar-refractivity contribution is 5.76. The first-order valence-corrected chi connectivity index (χ1v) is 7.35. The van der Waals surface area contributed by atoms with Crippen LogP contribution in [0.3, 0.4) is 0 Å². The van der Waals surface area contributed by atoms with E-state index in [1.807, 2.05) is 0 Å². The number of piperazine rings is 1. The van der Waals surface area contributed by atoms with Crippen LogP contribution >= 0.6 is 0 Å². The molecule has 2 atom stereocenters. The van der Waals surface area contributed by atoms with E-state index in [4.69, 9.17) is 4.74 Å². The summed E-state index contributed by atoms with van der Waals surface area (Å²) in [5, 5.41) is 0. The normalized spacial score (nSPS) is 31.7. The van der Waals surface area contributed by atoms with Crippen molar-refractivity contribution in [3.05, 3.63) is 0 Å². The third-order valence-corrected chi connectivity index (χ3v) is 4.77. The molecule has 0 amide bonds. The van der Waals surface area contributed by atoms with Crippen LogP contribution in [-0.2, 0) is 9.53 Å². The molecule has 1 saturated carbocycles. The van der Waals surface area contributed by atoms with Crippen molar-refractivity contribution in [2.24, 2.45) is 5.92 Å². The summed E-state index contributed by atoms with van der Waals surface area (Å²) in [6, 6.07) is 0.720. The van der Waals surface area contributed by atoms with E-state index < -0.39 is 0 Å². The molecule has 4 heteroatoms. The molecule has 0 aromatic carbocycles. The molecule has 0 spiro atoms. The number of rotatable bonds is 3. The first-order valence-electron chi connectivity index (χ1n) is 7.35. The summed E-state index contributed by atoms with van der Waals surface area (Å²) in [6.07, 6.45) is 6.39. The van der Waals surface area contributed by atoms with Gasteiger partial charge in [-0.2, -0.15) is 0 Å². The van der Waals surface area contributed by atoms with Gasteiger partial charge in [-0.3, -0.25) is 14.6 Å². The summed E-state index contributed by atoms with van der Waals surface area (Å²) in [4.78, 5) is 17.0. The number of nitrogens with zero attached hydrogens (tertiary/aromatic N) is 2. The van der Waals surface area contributed by atoms with Crippen molar-refractivity contribution in [3.8, 4) is 0 Å². The predicted octanol–water partition coefficient (Wildman–Crippen LogP) is 1.11. The maximum absolute atomic E-state index is 12.0. The van der Waals surface area contributed by atoms with Crippen molar-refractivity contribution in [1.29, 1.82) is 0 Å². The standard InChI is InChI=1S/C14H24N2O2/c1-18-14(17)13(11-5-6-11)16-9-8-15-7-3-2-4-12(15)10-16/h11-13H,2-10H2,1H3. The Bertz CT molecular complexity index is 317. The second-order valence-electron chi connectivity index (χ2n) is 5.99. The molecule has 3 fully saturated rings. The Morgan fingerprint density at radius 1 is 1.17 bits per heavy atom. The Hall–Kier alpha value is -0.610. The number of fused-ring (bicyclic) bond motifs is 1. The van der Waals surface area contributed by atoms with Crippen molar-refractivity contribution >= 4 is 5.97 Å². The highest BCUT2D eigenvalue weighted by atomic mass is 16.5. The fraction of sp³-hybridized carbons (Fsp3) is 0.929. The van der Waals surface area contributed by atoms with Gasteiger partial charge in [-0.25, -0.2) is 0 Å². The number of piperidine rings is 1. The minimum Gasteiger partial charge on any atom is -0.468 e. The van der Waals surface area contributed by atoms with Crippen molar-refractivity contribution < 1.29 is 9.53 Å². The van der Waals surface area contributed by atoms with Crippen LogP contribution in [0.15, 0.2) is 0 Å². The lowest BCUT2D eigenvalue weighted by Gasteiger charge is -2.46. The molecule has 3 rings (SSSR count). The molecule has 2 saturated heterocycles. The molecule has 0 bridgehead atoms. The van der Waals surface area contributed by atoms with Gasteiger partial charge in [-0.05, 0) is 38.1 Å². The summed E-state index contributed by atoms with van der Waals surface area (Å²) in [7, 11) is 1.52. The summed E-state index contributed by atoms with van der Waals surface area (Å²) in [5.74, 6) is 0.550. The second-order valence-corrected chi connectivity index (χ2v) is 5.99. The van der Waals surface area contributed by atoms with Crippen molar-refractivity contribution in [2.45, 2.75) is 44.2 Å². The van der Waals surface area contributed by atoms with Gasteiger partial charge in [0.15, 0.2) is 0 Å². The molecule has 3 aliphatic rings. The number of hydrogen-bond acceptors (Lipinski definition) is 4. The molecule has 2 heterocycles. The van der Waals surface area contributed by atoms with Crippen LogP contribution in [0.2, 0.25) is 0 Å². The molecule has 4 nitrogen and oxygen atoms in total. The first-order chi connectivity index (χ1) is 8.79. The molecule has 0 aromatic rings. The van der Waals surface area contributed by atoms with Gasteiger partial charge in [0.05, 0.1) is 7.11 Å². The van der Waals surface area contributed by atoms with Gasteiger partial charge in [-0.15, -0.1) is 0 Å². The summed E-state index contributed by atoms with van der Waals surface area (Å²) >= 11 is 0. The smallest absolute Gasteiger partial charge is 0.323 e. The molecule has 1 aliphatic carbocycles. The fourth-order valence-corrected chi connectivity index (χ4v) is 3.61. The number of carbonyl (C=O) groups is 1. The largest absolute Gasteiger partial charge is 0.468 e. The number of methoxy groups -OCH3 is 1. The van der Waals surface area contributed by atoms with Gasteiger partial charge in [0, 0.05) is 25.7 Å². The Kier molecular flexibility index (Phi) is 3.57. The zero-order chi connectivity index (χ0) is 12.5. The van der Waals surface area contributed by atoms with E-state index in [9.17, 15) is 4.79 Å². The quantitative estimate of drug-likeness (QED) is 0.704. The topological polar surface area (TPSA) is 32.8 Å². The van der Waals surface area contributed by atoms with Gasteiger partial charge in [0.1, 0.15) is 6.04 Å². The maximum Gasteiger partial charge on any atom is 0.323 e. The molecule has 102 valence electrons. The van der Waals surface area contributed by atoms with E-state index in [-0.39, 0.29) is 12.0 Å². The lowest BCUT2D eigenvalue weighted by Crippen LogP contribution is -2.59. The zero-order valence-electron chi connectivity index (χ0n) is 11.3. The van der Waals surface area contributed by atoms with Crippen molar-refractivity contribution in [1.82, 2.24) is 9.80 Å². The molecular weight excluding hydrogens is 228 g/mol. The minimum atomic E-state index is -0.0123. The third kappa shape index (κ3) is 2.41. The molecule has 0 aromatic heterocycles. The van der Waals surface area contributed by atoms with E-state index in [0.717, 1.165) is 19.6 Å². The van der Waals surface area contributed by atoms with E-state index in [0.29, 0.717) is 12.0 Å². The number of ether oxygens (including phenoxy) is 1. The molecule has 0 radical (unpaired) electrons. The van der Waals surface area contributed by atoms with E-state index >= 15 is 0 Å². The first kappa shape index (κ1) is 12.4. The van der Waals surface area contributed by atoms with E-state index in [1.165, 1.54) is 45.8 Å². The van der Waals surface area contributed by atoms with Crippen LogP contribution in [0.25, 0.3) is 0 Å². The summed E-state index contributed by atoms with van der Waals surface area (Å²) in [5.41, 5.74) is 0. The summed E-state index contributed by atoms with van der Waals surface area (Å²) in [6.45, 7) is 4.48. The van der Waals surface area contributed by atoms with Crippen LogP contribution in [-0.4, -0.2) is 61.1 Å². The van der Waals surface area contributed by atoms with Crippen LogP contribution in [0.1, 0.15) is 32.1 Å². The molecular formula is C14H24N2O2. The van der Waals surface area contributed by atoms with Gasteiger partial charge in [0.2, 0.25) is 0 Å². The number of carbonyl (C=O) groups excluding carboxylic acids is 1. The SMILES string of the molecule is COC(=O)C(C1CC1)N1CCN2CCCCC2C1. The van der Waals surface area contributed by atoms with Gasteiger partial charge < -0.3 is 4.74 Å². The van der Waals surface area contributed by atoms with Crippen LogP contribution < -0.4 is 0 Å². The Balaban J connectivity index is 1.66. The van der Waals surface area contributed by atoms with E-state index in [1.54, 1.807) is 0 Å². The Labute approximate surface area is 109 Å². The number of esters is 1. The lowest BCUT2D eigenvalue weighted by molar-refractivity contribution is -0.149. The average Bonchev–Trinajstić information content (AvgIpc) is 3.23. The monoisotopic (exact) mass is 252 g/mol. The average molecular weight is 252 g/mol. The van der Waals surface area contributed by atoms with Crippen LogP contribution in [0.4, 0.5) is 0 Å². The third-order valence-electron chi connectivity index (χ3n) is 4.77. The molecule has 2 unspecified atom stereocenters. The second kappa shape index (κ2) is 5.17. The van der Waals surface area contributed by atoms with E-state index in [2.05, 4.69) is 9.80 Å². The highest BCUT2D eigenvalue weighted by Crippen LogP contribution is 2.37.